The Bertz CT molecular complexity index is 334. The highest BCUT2D eigenvalue weighted by Gasteiger charge is 2.15. The first-order valence-corrected chi connectivity index (χ1v) is 6.84. The van der Waals surface area contributed by atoms with Gasteiger partial charge in [-0.05, 0) is 36.6 Å². The Morgan fingerprint density at radius 3 is 2.80 bits per heavy atom. The molecule has 1 aromatic rings. The minimum Gasteiger partial charge on any atom is -0.398 e. The van der Waals surface area contributed by atoms with Crippen LogP contribution in [0.1, 0.15) is 31.2 Å². The zero-order valence-corrected chi connectivity index (χ0v) is 10.3. The summed E-state index contributed by atoms with van der Waals surface area (Å²) < 4.78 is 0. The van der Waals surface area contributed by atoms with Crippen LogP contribution in [0, 0.1) is 0 Å². The molecule has 82 valence electrons. The molecule has 1 aliphatic carbocycles. The van der Waals surface area contributed by atoms with E-state index in [-0.39, 0.29) is 0 Å². The van der Waals surface area contributed by atoms with Gasteiger partial charge in [0.2, 0.25) is 0 Å². The number of benzene rings is 1. The maximum Gasteiger partial charge on any atom is 0.0410 e. The fourth-order valence-electron chi connectivity index (χ4n) is 1.96. The van der Waals surface area contributed by atoms with Gasteiger partial charge >= 0.3 is 0 Å². The van der Waals surface area contributed by atoms with Gasteiger partial charge < -0.3 is 5.73 Å². The van der Waals surface area contributed by atoms with E-state index in [2.05, 4.69) is 0 Å². The molecule has 2 N–H and O–H groups in total. The number of thioether (sulfide) groups is 1. The monoisotopic (exact) mass is 241 g/mol. The lowest BCUT2D eigenvalue weighted by molar-refractivity contribution is 0.886. The van der Waals surface area contributed by atoms with E-state index >= 15 is 0 Å². The van der Waals surface area contributed by atoms with Crippen molar-refractivity contribution in [2.75, 3.05) is 5.73 Å². The van der Waals surface area contributed by atoms with Crippen molar-refractivity contribution in [3.63, 3.8) is 0 Å². The van der Waals surface area contributed by atoms with Crippen LogP contribution in [-0.2, 0) is 5.75 Å². The maximum absolute atomic E-state index is 5.95. The summed E-state index contributed by atoms with van der Waals surface area (Å²) in [4.78, 5) is 0. The summed E-state index contributed by atoms with van der Waals surface area (Å²) in [5.41, 5.74) is 7.95. The van der Waals surface area contributed by atoms with Crippen LogP contribution in [0.2, 0.25) is 5.02 Å². The van der Waals surface area contributed by atoms with Gasteiger partial charge in [-0.25, -0.2) is 0 Å². The van der Waals surface area contributed by atoms with Crippen LogP contribution in [0.5, 0.6) is 0 Å². The quantitative estimate of drug-likeness (QED) is 0.807. The third-order valence-corrected chi connectivity index (χ3v) is 4.54. The lowest BCUT2D eigenvalue weighted by Gasteiger charge is -2.10. The van der Waals surface area contributed by atoms with Crippen molar-refractivity contribution >= 4 is 29.1 Å². The number of rotatable bonds is 3. The number of nitrogen functional groups attached to an aromatic ring is 1. The first kappa shape index (κ1) is 11.2. The Morgan fingerprint density at radius 1 is 1.33 bits per heavy atom. The highest BCUT2D eigenvalue weighted by molar-refractivity contribution is 7.99. The number of hydrogen-bond acceptors (Lipinski definition) is 2. The van der Waals surface area contributed by atoms with E-state index in [0.29, 0.717) is 0 Å². The lowest BCUT2D eigenvalue weighted by atomic mass is 10.2. The van der Waals surface area contributed by atoms with Crippen LogP contribution in [0.15, 0.2) is 18.2 Å². The van der Waals surface area contributed by atoms with Gasteiger partial charge in [-0.2, -0.15) is 11.8 Å². The molecule has 0 unspecified atom stereocenters. The van der Waals surface area contributed by atoms with E-state index in [1.165, 1.54) is 31.2 Å². The normalized spacial score (nSPS) is 17.1. The van der Waals surface area contributed by atoms with E-state index < -0.39 is 0 Å². The SMILES string of the molecule is Nc1ccc(Cl)cc1CSC1CCCC1. The van der Waals surface area contributed by atoms with Crippen molar-refractivity contribution in [3.8, 4) is 0 Å². The topological polar surface area (TPSA) is 26.0 Å². The van der Waals surface area contributed by atoms with E-state index in [1.54, 1.807) is 0 Å². The second kappa shape index (κ2) is 5.13. The number of nitrogens with two attached hydrogens (primary N) is 1. The predicted molar refractivity (Wildman–Crippen MR) is 69.4 cm³/mol. The summed E-state index contributed by atoms with van der Waals surface area (Å²) in [5.74, 6) is 0.997. The Balaban J connectivity index is 1.94. The summed E-state index contributed by atoms with van der Waals surface area (Å²) >= 11 is 7.97. The van der Waals surface area contributed by atoms with Gasteiger partial charge in [0.05, 0.1) is 0 Å². The first-order chi connectivity index (χ1) is 7.25. The minimum atomic E-state index is 0.784. The molecule has 0 spiro atoms. The molecule has 0 aromatic heterocycles. The Hall–Kier alpha value is -0.340. The van der Waals surface area contributed by atoms with Gasteiger partial charge in [0.25, 0.3) is 0 Å². The number of halogens is 1. The Kier molecular flexibility index (Phi) is 3.81. The van der Waals surface area contributed by atoms with Crippen molar-refractivity contribution in [1.29, 1.82) is 0 Å². The third kappa shape index (κ3) is 3.05. The van der Waals surface area contributed by atoms with Crippen LogP contribution in [0.3, 0.4) is 0 Å². The Labute approximate surface area is 100 Å². The molecule has 2 rings (SSSR count). The largest absolute Gasteiger partial charge is 0.398 e. The van der Waals surface area contributed by atoms with Crippen LogP contribution in [-0.4, -0.2) is 5.25 Å². The average Bonchev–Trinajstić information content (AvgIpc) is 2.72. The van der Waals surface area contributed by atoms with Crippen molar-refractivity contribution in [2.24, 2.45) is 0 Å². The van der Waals surface area contributed by atoms with Crippen molar-refractivity contribution in [3.05, 3.63) is 28.8 Å². The smallest absolute Gasteiger partial charge is 0.0410 e. The summed E-state index contributed by atoms with van der Waals surface area (Å²) in [6, 6.07) is 5.73. The molecular formula is C12H16ClNS. The second-order valence-corrected chi connectivity index (χ2v) is 5.79. The molecule has 1 nitrogen and oxygen atoms in total. The van der Waals surface area contributed by atoms with Gasteiger partial charge in [0.1, 0.15) is 0 Å². The number of anilines is 1. The molecule has 0 aliphatic heterocycles. The van der Waals surface area contributed by atoms with Crippen molar-refractivity contribution < 1.29 is 0 Å². The van der Waals surface area contributed by atoms with Crippen molar-refractivity contribution in [2.45, 2.75) is 36.7 Å². The summed E-state index contributed by atoms with van der Waals surface area (Å²) in [5, 5.41) is 1.62. The van der Waals surface area contributed by atoms with Crippen LogP contribution in [0.4, 0.5) is 5.69 Å². The lowest BCUT2D eigenvalue weighted by Crippen LogP contribution is -1.97. The molecule has 1 aromatic carbocycles. The van der Waals surface area contributed by atoms with Crippen LogP contribution in [0.25, 0.3) is 0 Å². The molecular weight excluding hydrogens is 226 g/mol. The highest BCUT2D eigenvalue weighted by Crippen LogP contribution is 2.33. The van der Waals surface area contributed by atoms with E-state index in [0.717, 1.165) is 21.7 Å². The average molecular weight is 242 g/mol. The fourth-order valence-corrected chi connectivity index (χ4v) is 3.49. The summed E-state index contributed by atoms with van der Waals surface area (Å²) in [6.45, 7) is 0. The molecule has 0 bridgehead atoms. The molecule has 1 saturated carbocycles. The van der Waals surface area contributed by atoms with Crippen LogP contribution < -0.4 is 5.73 Å². The van der Waals surface area contributed by atoms with Gasteiger partial charge in [-0.3, -0.25) is 0 Å². The van der Waals surface area contributed by atoms with Gasteiger partial charge in [0, 0.05) is 21.7 Å². The first-order valence-electron chi connectivity index (χ1n) is 5.41. The second-order valence-electron chi connectivity index (χ2n) is 4.06. The van der Waals surface area contributed by atoms with Crippen molar-refractivity contribution in [1.82, 2.24) is 0 Å². The highest BCUT2D eigenvalue weighted by atomic mass is 35.5. The molecule has 1 aliphatic rings. The maximum atomic E-state index is 5.95. The van der Waals surface area contributed by atoms with E-state index in [9.17, 15) is 0 Å². The summed E-state index contributed by atoms with van der Waals surface area (Å²) in [7, 11) is 0. The van der Waals surface area contributed by atoms with Crippen LogP contribution >= 0.6 is 23.4 Å². The van der Waals surface area contributed by atoms with Gasteiger partial charge in [-0.15, -0.1) is 0 Å². The summed E-state index contributed by atoms with van der Waals surface area (Å²) in [6.07, 6.45) is 5.52. The van der Waals surface area contributed by atoms with Gasteiger partial charge in [-0.1, -0.05) is 24.4 Å². The minimum absolute atomic E-state index is 0.784. The molecule has 0 radical (unpaired) electrons. The molecule has 0 atom stereocenters. The number of hydrogen-bond donors (Lipinski definition) is 1. The molecule has 0 amide bonds. The molecule has 0 saturated heterocycles. The zero-order valence-electron chi connectivity index (χ0n) is 8.71. The Morgan fingerprint density at radius 2 is 2.07 bits per heavy atom. The van der Waals surface area contributed by atoms with Gasteiger partial charge in [0.15, 0.2) is 0 Å². The third-order valence-electron chi connectivity index (χ3n) is 2.88. The zero-order chi connectivity index (χ0) is 10.7. The molecule has 15 heavy (non-hydrogen) atoms. The molecule has 0 heterocycles. The van der Waals surface area contributed by atoms with E-state index in [4.69, 9.17) is 17.3 Å². The molecule has 3 heteroatoms. The standard InChI is InChI=1S/C12H16ClNS/c13-10-5-6-12(14)9(7-10)8-15-11-3-1-2-4-11/h5-7,11H,1-4,8,14H2. The molecule has 1 fully saturated rings. The fraction of sp³-hybridized carbons (Fsp3) is 0.500. The van der Waals surface area contributed by atoms with E-state index in [1.807, 2.05) is 30.0 Å². The predicted octanol–water partition coefficient (Wildman–Crippen LogP) is 4.10.